The van der Waals surface area contributed by atoms with Gasteiger partial charge in [0.1, 0.15) is 0 Å². The van der Waals surface area contributed by atoms with E-state index in [4.69, 9.17) is 4.98 Å². The lowest BCUT2D eigenvalue weighted by Gasteiger charge is -2.33. The third kappa shape index (κ3) is 3.04. The number of hydrogen-bond acceptors (Lipinski definition) is 4. The molecule has 3 aromatic rings. The summed E-state index contributed by atoms with van der Waals surface area (Å²) in [5.74, 6) is 1.16. The number of imidazole rings is 1. The van der Waals surface area contributed by atoms with Crippen molar-refractivity contribution in [1.82, 2.24) is 18.7 Å². The van der Waals surface area contributed by atoms with Gasteiger partial charge < -0.3 is 9.47 Å². The van der Waals surface area contributed by atoms with Crippen LogP contribution in [-0.4, -0.2) is 25.2 Å². The summed E-state index contributed by atoms with van der Waals surface area (Å²) in [6, 6.07) is 10.3. The molecule has 7 heteroatoms. The number of unbranched alkanes of at least 4 members (excludes halogenated alkanes) is 1. The van der Waals surface area contributed by atoms with E-state index >= 15 is 0 Å². The Labute approximate surface area is 163 Å². The van der Waals surface area contributed by atoms with Crippen molar-refractivity contribution in [1.29, 1.82) is 0 Å². The maximum Gasteiger partial charge on any atom is 0.332 e. The summed E-state index contributed by atoms with van der Waals surface area (Å²) in [4.78, 5) is 32.9. The van der Waals surface area contributed by atoms with Crippen LogP contribution in [0.25, 0.3) is 11.2 Å². The van der Waals surface area contributed by atoms with Crippen molar-refractivity contribution in [2.24, 2.45) is 13.0 Å². The minimum Gasteiger partial charge on any atom is -0.338 e. The van der Waals surface area contributed by atoms with E-state index in [1.54, 1.807) is 7.05 Å². The number of rotatable bonds is 5. The first-order valence-electron chi connectivity index (χ1n) is 10.00. The van der Waals surface area contributed by atoms with Gasteiger partial charge in [-0.05, 0) is 17.9 Å². The van der Waals surface area contributed by atoms with Crippen molar-refractivity contribution in [2.45, 2.75) is 46.3 Å². The maximum atomic E-state index is 13.2. The zero-order valence-corrected chi connectivity index (χ0v) is 16.8. The molecule has 0 saturated heterocycles. The van der Waals surface area contributed by atoms with Crippen LogP contribution in [0.5, 0.6) is 0 Å². The quantitative estimate of drug-likeness (QED) is 0.681. The second kappa shape index (κ2) is 7.30. The molecule has 0 fully saturated rings. The van der Waals surface area contributed by atoms with Crippen LogP contribution in [0.2, 0.25) is 0 Å². The molecule has 0 unspecified atom stereocenters. The molecule has 0 radical (unpaired) electrons. The van der Waals surface area contributed by atoms with Crippen molar-refractivity contribution in [3.8, 4) is 0 Å². The Balaban J connectivity index is 1.88. The van der Waals surface area contributed by atoms with Crippen molar-refractivity contribution in [3.05, 3.63) is 56.7 Å². The third-order valence-corrected chi connectivity index (χ3v) is 5.47. The molecule has 0 spiro atoms. The highest BCUT2D eigenvalue weighted by atomic mass is 16.2. The van der Waals surface area contributed by atoms with Crippen LogP contribution in [0, 0.1) is 5.92 Å². The van der Waals surface area contributed by atoms with Crippen molar-refractivity contribution < 1.29 is 0 Å². The highest BCUT2D eigenvalue weighted by Crippen LogP contribution is 2.28. The van der Waals surface area contributed by atoms with Crippen molar-refractivity contribution >= 4 is 17.1 Å². The lowest BCUT2D eigenvalue weighted by molar-refractivity contribution is 0.434. The number of hydrogen-bond donors (Lipinski definition) is 0. The average molecular weight is 381 g/mol. The monoisotopic (exact) mass is 381 g/mol. The molecule has 0 N–H and O–H groups in total. The van der Waals surface area contributed by atoms with E-state index in [1.165, 1.54) is 14.7 Å². The average Bonchev–Trinajstić information content (AvgIpc) is 3.07. The first kappa shape index (κ1) is 18.5. The minimum absolute atomic E-state index is 0.223. The second-order valence-electron chi connectivity index (χ2n) is 7.82. The molecular weight excluding hydrogens is 354 g/mol. The van der Waals surface area contributed by atoms with Crippen LogP contribution >= 0.6 is 0 Å². The fourth-order valence-corrected chi connectivity index (χ4v) is 4.05. The van der Waals surface area contributed by atoms with Gasteiger partial charge in [0.05, 0.1) is 0 Å². The molecule has 0 aliphatic carbocycles. The van der Waals surface area contributed by atoms with Gasteiger partial charge in [-0.25, -0.2) is 4.79 Å². The van der Waals surface area contributed by atoms with Crippen molar-refractivity contribution in [2.75, 3.05) is 11.4 Å². The van der Waals surface area contributed by atoms with E-state index in [-0.39, 0.29) is 11.2 Å². The standard InChI is InChI=1S/C21H27N5O2/c1-4-5-11-25-19(27)17-18(23(3)21(25)28)22-20-24(12-15(2)13-26(17)20)14-16-9-7-6-8-10-16/h6-10,15H,4-5,11-14H2,1-3H3/t15-/m0/s1. The summed E-state index contributed by atoms with van der Waals surface area (Å²) >= 11 is 0. The van der Waals surface area contributed by atoms with Crippen LogP contribution in [-0.2, 0) is 26.7 Å². The molecule has 0 amide bonds. The molecule has 148 valence electrons. The summed E-state index contributed by atoms with van der Waals surface area (Å²) < 4.78 is 4.89. The number of aromatic nitrogens is 4. The molecule has 7 nitrogen and oxygen atoms in total. The first-order chi connectivity index (χ1) is 13.5. The van der Waals surface area contributed by atoms with E-state index in [0.717, 1.165) is 38.4 Å². The van der Waals surface area contributed by atoms with Gasteiger partial charge >= 0.3 is 5.69 Å². The van der Waals surface area contributed by atoms with E-state index in [0.29, 0.717) is 23.6 Å². The van der Waals surface area contributed by atoms with Gasteiger partial charge in [-0.2, -0.15) is 4.98 Å². The largest absolute Gasteiger partial charge is 0.338 e. The topological polar surface area (TPSA) is 65.1 Å². The first-order valence-corrected chi connectivity index (χ1v) is 10.00. The normalized spacial score (nSPS) is 16.5. The molecule has 1 aromatic carbocycles. The molecule has 3 heterocycles. The number of benzene rings is 1. The van der Waals surface area contributed by atoms with Gasteiger partial charge in [0, 0.05) is 33.2 Å². The summed E-state index contributed by atoms with van der Waals surface area (Å²) in [5.41, 5.74) is 1.70. The second-order valence-corrected chi connectivity index (χ2v) is 7.82. The molecule has 1 aliphatic heterocycles. The van der Waals surface area contributed by atoms with Gasteiger partial charge in [0.25, 0.3) is 5.56 Å². The van der Waals surface area contributed by atoms with Gasteiger partial charge in [-0.1, -0.05) is 50.6 Å². The van der Waals surface area contributed by atoms with E-state index in [9.17, 15) is 9.59 Å². The molecule has 4 rings (SSSR count). The molecule has 1 aliphatic rings. The van der Waals surface area contributed by atoms with E-state index in [1.807, 2.05) is 22.8 Å². The van der Waals surface area contributed by atoms with Crippen LogP contribution in [0.3, 0.4) is 0 Å². The third-order valence-electron chi connectivity index (χ3n) is 5.47. The SMILES string of the molecule is CCCCn1c(=O)c2c(nc3n2C[C@@H](C)CN3Cc2ccccc2)n(C)c1=O. The highest BCUT2D eigenvalue weighted by Gasteiger charge is 2.28. The predicted octanol–water partition coefficient (Wildman–Crippen LogP) is 2.35. The molecule has 2 aromatic heterocycles. The van der Waals surface area contributed by atoms with Gasteiger partial charge in [-0.15, -0.1) is 0 Å². The Bertz CT molecular complexity index is 1110. The van der Waals surface area contributed by atoms with Crippen LogP contribution in [0.15, 0.2) is 39.9 Å². The fraction of sp³-hybridized carbons (Fsp3) is 0.476. The summed E-state index contributed by atoms with van der Waals surface area (Å²) in [7, 11) is 1.70. The zero-order chi connectivity index (χ0) is 19.8. The molecular formula is C21H27N5O2. The Kier molecular flexibility index (Phi) is 4.83. The Morgan fingerprint density at radius 2 is 1.89 bits per heavy atom. The molecule has 0 saturated carbocycles. The zero-order valence-electron chi connectivity index (χ0n) is 16.8. The van der Waals surface area contributed by atoms with Gasteiger partial charge in [0.2, 0.25) is 5.95 Å². The number of fused-ring (bicyclic) bond motifs is 3. The Morgan fingerprint density at radius 3 is 2.61 bits per heavy atom. The predicted molar refractivity (Wildman–Crippen MR) is 111 cm³/mol. The Morgan fingerprint density at radius 1 is 1.14 bits per heavy atom. The smallest absolute Gasteiger partial charge is 0.332 e. The lowest BCUT2D eigenvalue weighted by atomic mass is 10.1. The van der Waals surface area contributed by atoms with E-state index < -0.39 is 0 Å². The van der Waals surface area contributed by atoms with Crippen LogP contribution in [0.1, 0.15) is 32.3 Å². The summed E-state index contributed by atoms with van der Waals surface area (Å²) in [6.07, 6.45) is 1.73. The number of anilines is 1. The van der Waals surface area contributed by atoms with Crippen molar-refractivity contribution in [3.63, 3.8) is 0 Å². The highest BCUT2D eigenvalue weighted by molar-refractivity contribution is 5.75. The Hall–Kier alpha value is -2.83. The molecule has 28 heavy (non-hydrogen) atoms. The fourth-order valence-electron chi connectivity index (χ4n) is 4.05. The number of nitrogens with zero attached hydrogens (tertiary/aromatic N) is 5. The lowest BCUT2D eigenvalue weighted by Crippen LogP contribution is -2.41. The summed E-state index contributed by atoms with van der Waals surface area (Å²) in [5, 5.41) is 0. The minimum atomic E-state index is -0.288. The van der Waals surface area contributed by atoms with Gasteiger partial charge in [0.15, 0.2) is 11.2 Å². The number of aryl methyl sites for hydroxylation is 1. The van der Waals surface area contributed by atoms with Crippen LogP contribution < -0.4 is 16.1 Å². The maximum absolute atomic E-state index is 13.2. The van der Waals surface area contributed by atoms with E-state index in [2.05, 4.69) is 30.9 Å². The molecule has 0 bridgehead atoms. The molecule has 1 atom stereocenters. The van der Waals surface area contributed by atoms with Gasteiger partial charge in [-0.3, -0.25) is 13.9 Å². The summed E-state index contributed by atoms with van der Waals surface area (Å²) in [6.45, 7) is 7.02. The van der Waals surface area contributed by atoms with Crippen LogP contribution in [0.4, 0.5) is 5.95 Å².